The van der Waals surface area contributed by atoms with E-state index in [0.717, 1.165) is 35.5 Å². The number of rotatable bonds is 1. The number of aromatic nitrogens is 4. The fourth-order valence-corrected chi connectivity index (χ4v) is 4.26. The number of carbonyl (C=O) groups is 1. The van der Waals surface area contributed by atoms with Crippen molar-refractivity contribution in [1.82, 2.24) is 29.2 Å². The second-order valence-electron chi connectivity index (χ2n) is 7.68. The molecule has 2 fully saturated rings. The zero-order valence-electron chi connectivity index (χ0n) is 16.2. The Morgan fingerprint density at radius 3 is 2.79 bits per heavy atom. The molecule has 150 valence electrons. The van der Waals surface area contributed by atoms with Crippen LogP contribution >= 0.6 is 0 Å². The first kappa shape index (κ1) is 18.8. The van der Waals surface area contributed by atoms with Crippen LogP contribution in [-0.4, -0.2) is 61.4 Å². The Morgan fingerprint density at radius 2 is 2.03 bits per heavy atom. The van der Waals surface area contributed by atoms with Gasteiger partial charge in [-0.2, -0.15) is 5.26 Å². The van der Waals surface area contributed by atoms with Gasteiger partial charge in [0, 0.05) is 46.3 Å². The van der Waals surface area contributed by atoms with E-state index in [-0.39, 0.29) is 19.3 Å². The zero-order valence-corrected chi connectivity index (χ0v) is 16.2. The van der Waals surface area contributed by atoms with E-state index in [0.29, 0.717) is 25.6 Å². The normalized spacial score (nSPS) is 22.0. The third-order valence-corrected chi connectivity index (χ3v) is 5.98. The van der Waals surface area contributed by atoms with Crippen LogP contribution in [0.1, 0.15) is 26.5 Å². The molecule has 5 rings (SSSR count). The molecular weight excluding hydrogens is 368 g/mol. The summed E-state index contributed by atoms with van der Waals surface area (Å²) in [6, 6.07) is 4.29. The lowest BCUT2D eigenvalue weighted by Gasteiger charge is -2.43. The van der Waals surface area contributed by atoms with Gasteiger partial charge in [0.25, 0.3) is 0 Å². The van der Waals surface area contributed by atoms with Gasteiger partial charge < -0.3 is 14.8 Å². The summed E-state index contributed by atoms with van der Waals surface area (Å²) < 4.78 is 2.16. The highest BCUT2D eigenvalue weighted by Gasteiger charge is 2.38. The van der Waals surface area contributed by atoms with E-state index < -0.39 is 0 Å². The summed E-state index contributed by atoms with van der Waals surface area (Å²) in [5.74, 6) is 1.57. The number of nitriles is 2. The van der Waals surface area contributed by atoms with Crippen LogP contribution in [0.4, 0.5) is 4.79 Å². The van der Waals surface area contributed by atoms with Crippen LogP contribution in [-0.2, 0) is 0 Å². The first-order valence-corrected chi connectivity index (χ1v) is 9.64. The predicted octanol–water partition coefficient (Wildman–Crippen LogP) is 2.60. The molecule has 5 heterocycles. The van der Waals surface area contributed by atoms with E-state index in [1.807, 2.05) is 29.6 Å². The van der Waals surface area contributed by atoms with Gasteiger partial charge in [0.05, 0.1) is 35.4 Å². The minimum atomic E-state index is -0.0147. The van der Waals surface area contributed by atoms with Gasteiger partial charge in [-0.15, -0.1) is 0 Å². The number of urea groups is 1. The van der Waals surface area contributed by atoms with Gasteiger partial charge >= 0.3 is 6.03 Å². The number of fused-ring (bicyclic) bond motifs is 3. The van der Waals surface area contributed by atoms with Crippen molar-refractivity contribution in [1.29, 1.82) is 10.5 Å². The quantitative estimate of drug-likeness (QED) is 0.683. The maximum atomic E-state index is 12.8. The second-order valence-corrected chi connectivity index (χ2v) is 7.68. The molecule has 9 nitrogen and oxygen atoms in total. The number of imidazole rings is 1. The van der Waals surface area contributed by atoms with Crippen molar-refractivity contribution in [2.75, 3.05) is 26.2 Å². The van der Waals surface area contributed by atoms with Crippen LogP contribution in [0.15, 0.2) is 24.7 Å². The fraction of sp³-hybridized carbons (Fsp3) is 0.450. The van der Waals surface area contributed by atoms with E-state index in [4.69, 9.17) is 15.5 Å². The molecule has 2 aliphatic heterocycles. The summed E-state index contributed by atoms with van der Waals surface area (Å²) in [6.07, 6.45) is 6.52. The molecule has 3 aromatic heterocycles. The molecule has 1 N–H and O–H groups in total. The number of hydrogen-bond donors (Lipinski definition) is 1. The van der Waals surface area contributed by atoms with Crippen LogP contribution in [0.3, 0.4) is 0 Å². The fourth-order valence-electron chi connectivity index (χ4n) is 4.26. The van der Waals surface area contributed by atoms with Gasteiger partial charge in [-0.05, 0) is 18.4 Å². The number of nitrogens with zero attached hydrogens (tertiary/aromatic N) is 7. The minimum absolute atomic E-state index is 0. The number of amides is 2. The third kappa shape index (κ3) is 3.05. The van der Waals surface area contributed by atoms with Crippen LogP contribution in [0.25, 0.3) is 16.7 Å². The Morgan fingerprint density at radius 1 is 1.28 bits per heavy atom. The van der Waals surface area contributed by atoms with Crippen molar-refractivity contribution in [3.05, 3.63) is 30.5 Å². The van der Waals surface area contributed by atoms with Crippen LogP contribution in [0, 0.1) is 35.0 Å². The largest absolute Gasteiger partial charge is 0.345 e. The molecule has 2 aliphatic rings. The van der Waals surface area contributed by atoms with Crippen molar-refractivity contribution in [3.63, 3.8) is 0 Å². The summed E-state index contributed by atoms with van der Waals surface area (Å²) in [6.45, 7) is 8.25. The number of piperidine rings is 1. The Balaban J connectivity index is 0.000000830. The first-order valence-electron chi connectivity index (χ1n) is 9.64. The highest BCUT2D eigenvalue weighted by Crippen LogP contribution is 2.34. The molecule has 2 saturated heterocycles. The number of nitrogens with one attached hydrogen (secondary N) is 1. The maximum absolute atomic E-state index is 12.8. The van der Waals surface area contributed by atoms with Gasteiger partial charge in [0.15, 0.2) is 5.65 Å². The third-order valence-electron chi connectivity index (χ3n) is 5.98. The Kier molecular flexibility index (Phi) is 4.81. The standard InChI is InChI=1S/C19H21N7O.CHN.H2/c1-12-3-5-24(19(27)25-9-13(6-20)10-25)11-15(12)18-23-8-14-7-22-17-16(26(14)18)2-4-21-17;1-2;/h2,4,7-8,12-13,15,21H,3,5,9-11H2,1H3;1H;1H/t12-,15+;;/m1../s1. The number of aromatic amines is 1. The summed E-state index contributed by atoms with van der Waals surface area (Å²) in [5.41, 5.74) is 2.81. The average molecular weight is 392 g/mol. The highest BCUT2D eigenvalue weighted by molar-refractivity contribution is 5.76. The van der Waals surface area contributed by atoms with Gasteiger partial charge in [0.2, 0.25) is 0 Å². The van der Waals surface area contributed by atoms with E-state index in [1.54, 1.807) is 4.90 Å². The summed E-state index contributed by atoms with van der Waals surface area (Å²) in [7, 11) is 0. The molecule has 0 bridgehead atoms. The molecular formula is C20H24N8O. The summed E-state index contributed by atoms with van der Waals surface area (Å²) in [5, 5.41) is 15.4. The number of likely N-dealkylation sites (tertiary alicyclic amines) is 2. The molecule has 29 heavy (non-hydrogen) atoms. The SMILES string of the molecule is C#N.C[C@@H]1CCN(C(=O)N2CC(C#N)C2)C[C@@H]1c1ncc2cnc3[nH]ccc3n12.[HH]. The smallest absolute Gasteiger partial charge is 0.320 e. The van der Waals surface area contributed by atoms with Crippen LogP contribution in [0.2, 0.25) is 0 Å². The van der Waals surface area contributed by atoms with Crippen molar-refractivity contribution in [3.8, 4) is 12.6 Å². The predicted molar refractivity (Wildman–Crippen MR) is 108 cm³/mol. The molecule has 0 aliphatic carbocycles. The average Bonchev–Trinajstić information content (AvgIpc) is 3.35. The zero-order chi connectivity index (χ0) is 20.5. The van der Waals surface area contributed by atoms with E-state index >= 15 is 0 Å². The Hall–Kier alpha value is -3.59. The summed E-state index contributed by atoms with van der Waals surface area (Å²) in [4.78, 5) is 28.8. The molecule has 0 radical (unpaired) electrons. The minimum Gasteiger partial charge on any atom is -0.345 e. The van der Waals surface area contributed by atoms with E-state index in [2.05, 4.69) is 33.9 Å². The second kappa shape index (κ2) is 7.44. The maximum Gasteiger partial charge on any atom is 0.320 e. The molecule has 0 saturated carbocycles. The van der Waals surface area contributed by atoms with Crippen molar-refractivity contribution in [2.45, 2.75) is 19.3 Å². The molecule has 0 aromatic carbocycles. The van der Waals surface area contributed by atoms with Gasteiger partial charge in [-0.25, -0.2) is 20.0 Å². The van der Waals surface area contributed by atoms with Crippen molar-refractivity contribution >= 4 is 22.7 Å². The lowest BCUT2D eigenvalue weighted by molar-refractivity contribution is 0.0901. The monoisotopic (exact) mass is 392 g/mol. The molecule has 2 atom stereocenters. The Labute approximate surface area is 169 Å². The lowest BCUT2D eigenvalue weighted by atomic mass is 9.86. The van der Waals surface area contributed by atoms with Gasteiger partial charge in [-0.3, -0.25) is 4.40 Å². The van der Waals surface area contributed by atoms with Crippen molar-refractivity contribution in [2.24, 2.45) is 11.8 Å². The Bertz CT molecular complexity index is 1110. The lowest BCUT2D eigenvalue weighted by Crippen LogP contribution is -2.56. The first-order chi connectivity index (χ1) is 14.2. The van der Waals surface area contributed by atoms with Gasteiger partial charge in [0.1, 0.15) is 5.82 Å². The topological polar surface area (TPSA) is 117 Å². The molecule has 3 aromatic rings. The molecule has 2 amide bonds. The molecule has 0 unspecified atom stereocenters. The van der Waals surface area contributed by atoms with Crippen LogP contribution < -0.4 is 0 Å². The number of hydrogen-bond acceptors (Lipinski definition) is 5. The highest BCUT2D eigenvalue weighted by atomic mass is 16.2. The van der Waals surface area contributed by atoms with E-state index in [9.17, 15) is 4.79 Å². The van der Waals surface area contributed by atoms with Gasteiger partial charge in [-0.1, -0.05) is 6.92 Å². The molecule has 0 spiro atoms. The number of H-pyrrole nitrogens is 1. The van der Waals surface area contributed by atoms with Crippen LogP contribution in [0.5, 0.6) is 0 Å². The molecule has 9 heteroatoms. The summed E-state index contributed by atoms with van der Waals surface area (Å²) >= 11 is 0. The number of carbonyl (C=O) groups excluding carboxylic acids is 1. The van der Waals surface area contributed by atoms with E-state index in [1.165, 1.54) is 0 Å². The van der Waals surface area contributed by atoms with Crippen molar-refractivity contribution < 1.29 is 6.22 Å².